The van der Waals surface area contributed by atoms with E-state index in [1.54, 1.807) is 17.0 Å². The van der Waals surface area contributed by atoms with E-state index in [9.17, 15) is 4.79 Å². The first-order valence-electron chi connectivity index (χ1n) is 7.04. The normalized spacial score (nSPS) is 11.5. The van der Waals surface area contributed by atoms with Crippen molar-refractivity contribution in [1.82, 2.24) is 34.2 Å². The van der Waals surface area contributed by atoms with Gasteiger partial charge in [0.2, 0.25) is 5.65 Å². The minimum Gasteiger partial charge on any atom is -0.322 e. The molecule has 0 amide bonds. The third-order valence-corrected chi connectivity index (χ3v) is 3.48. The Kier molecular flexibility index (Phi) is 3.51. The van der Waals surface area contributed by atoms with Crippen LogP contribution in [-0.4, -0.2) is 34.2 Å². The minimum absolute atomic E-state index is 0.248. The van der Waals surface area contributed by atoms with Gasteiger partial charge in [-0.05, 0) is 16.8 Å². The standard InChI is InChI=1S/C13H17N7O/c1-3-5-6-8-19-11-10(18(7-4-2)9-14-11)12-15-16-17-20(12)13(19)21/h4,9H,2-3,5-8H2,1H3. The van der Waals surface area contributed by atoms with Crippen LogP contribution in [0.25, 0.3) is 16.8 Å². The van der Waals surface area contributed by atoms with Crippen molar-refractivity contribution in [1.29, 1.82) is 0 Å². The van der Waals surface area contributed by atoms with E-state index < -0.39 is 0 Å². The van der Waals surface area contributed by atoms with Crippen molar-refractivity contribution >= 4 is 16.8 Å². The minimum atomic E-state index is -0.248. The summed E-state index contributed by atoms with van der Waals surface area (Å²) in [6.45, 7) is 7.07. The van der Waals surface area contributed by atoms with Gasteiger partial charge < -0.3 is 4.57 Å². The molecule has 3 aromatic rings. The first-order valence-corrected chi connectivity index (χ1v) is 7.04. The molecule has 0 aromatic carbocycles. The zero-order valence-corrected chi connectivity index (χ0v) is 11.9. The van der Waals surface area contributed by atoms with Crippen molar-refractivity contribution in [2.75, 3.05) is 0 Å². The third kappa shape index (κ3) is 2.12. The molecule has 3 heterocycles. The molecule has 0 spiro atoms. The summed E-state index contributed by atoms with van der Waals surface area (Å²) in [4.78, 5) is 16.9. The molecule has 0 bridgehead atoms. The summed E-state index contributed by atoms with van der Waals surface area (Å²) < 4.78 is 4.77. The second kappa shape index (κ2) is 5.47. The van der Waals surface area contributed by atoms with Crippen LogP contribution < -0.4 is 5.69 Å². The van der Waals surface area contributed by atoms with Crippen molar-refractivity contribution in [3.05, 3.63) is 29.5 Å². The molecule has 0 aliphatic rings. The number of hydrogen-bond acceptors (Lipinski definition) is 5. The summed E-state index contributed by atoms with van der Waals surface area (Å²) >= 11 is 0. The fraction of sp³-hybridized carbons (Fsp3) is 0.462. The number of tetrazole rings is 1. The summed E-state index contributed by atoms with van der Waals surface area (Å²) in [6.07, 6.45) is 6.54. The maximum Gasteiger partial charge on any atom is 0.353 e. The molecule has 0 aliphatic carbocycles. The highest BCUT2D eigenvalue weighted by molar-refractivity contribution is 5.85. The van der Waals surface area contributed by atoms with Gasteiger partial charge in [-0.15, -0.1) is 16.2 Å². The summed E-state index contributed by atoms with van der Waals surface area (Å²) in [7, 11) is 0. The molecule has 0 saturated carbocycles. The molecule has 0 N–H and O–H groups in total. The van der Waals surface area contributed by atoms with Gasteiger partial charge in [-0.3, -0.25) is 4.57 Å². The highest BCUT2D eigenvalue weighted by Gasteiger charge is 2.17. The Morgan fingerprint density at radius 2 is 2.19 bits per heavy atom. The smallest absolute Gasteiger partial charge is 0.322 e. The van der Waals surface area contributed by atoms with Crippen molar-refractivity contribution < 1.29 is 0 Å². The molecule has 0 fully saturated rings. The topological polar surface area (TPSA) is 82.9 Å². The highest BCUT2D eigenvalue weighted by Crippen LogP contribution is 2.15. The lowest BCUT2D eigenvalue weighted by molar-refractivity contribution is 0.575. The zero-order valence-electron chi connectivity index (χ0n) is 11.9. The van der Waals surface area contributed by atoms with Crippen LogP contribution in [0.2, 0.25) is 0 Å². The van der Waals surface area contributed by atoms with Crippen molar-refractivity contribution in [2.45, 2.75) is 39.3 Å². The van der Waals surface area contributed by atoms with Crippen LogP contribution >= 0.6 is 0 Å². The summed E-state index contributed by atoms with van der Waals surface area (Å²) in [5, 5.41) is 11.4. The molecule has 3 rings (SSSR count). The molecular weight excluding hydrogens is 270 g/mol. The molecular formula is C13H17N7O. The average molecular weight is 287 g/mol. The fourth-order valence-electron chi connectivity index (χ4n) is 2.47. The molecule has 0 atom stereocenters. The van der Waals surface area contributed by atoms with Gasteiger partial charge >= 0.3 is 5.69 Å². The van der Waals surface area contributed by atoms with Crippen LogP contribution in [-0.2, 0) is 13.1 Å². The van der Waals surface area contributed by atoms with E-state index in [1.807, 2.05) is 4.57 Å². The maximum atomic E-state index is 12.5. The van der Waals surface area contributed by atoms with E-state index in [4.69, 9.17) is 0 Å². The molecule has 110 valence electrons. The Balaban J connectivity index is 2.26. The van der Waals surface area contributed by atoms with Gasteiger partial charge in [0.15, 0.2) is 5.65 Å². The van der Waals surface area contributed by atoms with Gasteiger partial charge in [-0.2, -0.15) is 0 Å². The number of nitrogens with zero attached hydrogens (tertiary/aromatic N) is 7. The van der Waals surface area contributed by atoms with Gasteiger partial charge in [0.25, 0.3) is 0 Å². The van der Waals surface area contributed by atoms with Gasteiger partial charge in [-0.25, -0.2) is 9.78 Å². The van der Waals surface area contributed by atoms with E-state index in [0.717, 1.165) is 24.8 Å². The number of rotatable bonds is 6. The largest absolute Gasteiger partial charge is 0.353 e. The number of aryl methyl sites for hydroxylation is 1. The number of hydrogen-bond donors (Lipinski definition) is 0. The van der Waals surface area contributed by atoms with Gasteiger partial charge in [0.1, 0.15) is 5.52 Å². The lowest BCUT2D eigenvalue weighted by atomic mass is 10.2. The molecule has 0 radical (unpaired) electrons. The number of fused-ring (bicyclic) bond motifs is 3. The van der Waals surface area contributed by atoms with E-state index >= 15 is 0 Å². The Bertz CT molecular complexity index is 841. The third-order valence-electron chi connectivity index (χ3n) is 3.48. The molecule has 0 aliphatic heterocycles. The summed E-state index contributed by atoms with van der Waals surface area (Å²) in [5.74, 6) is 0. The Morgan fingerprint density at radius 1 is 1.33 bits per heavy atom. The quantitative estimate of drug-likeness (QED) is 0.499. The van der Waals surface area contributed by atoms with E-state index in [2.05, 4.69) is 34.0 Å². The zero-order chi connectivity index (χ0) is 14.8. The predicted molar refractivity (Wildman–Crippen MR) is 78.1 cm³/mol. The highest BCUT2D eigenvalue weighted by atomic mass is 16.2. The van der Waals surface area contributed by atoms with Crippen molar-refractivity contribution in [2.24, 2.45) is 0 Å². The van der Waals surface area contributed by atoms with Crippen LogP contribution in [0.3, 0.4) is 0 Å². The first kappa shape index (κ1) is 13.5. The Morgan fingerprint density at radius 3 is 2.95 bits per heavy atom. The number of imidazole rings is 1. The van der Waals surface area contributed by atoms with Crippen LogP contribution in [0.1, 0.15) is 26.2 Å². The summed E-state index contributed by atoms with van der Waals surface area (Å²) in [5.41, 5.74) is 1.57. The Labute approximate surface area is 120 Å². The fourth-order valence-corrected chi connectivity index (χ4v) is 2.47. The number of aromatic nitrogens is 7. The number of allylic oxidation sites excluding steroid dienone is 1. The summed E-state index contributed by atoms with van der Waals surface area (Å²) in [6, 6.07) is 0. The molecule has 0 unspecified atom stereocenters. The van der Waals surface area contributed by atoms with Crippen molar-refractivity contribution in [3.8, 4) is 0 Å². The van der Waals surface area contributed by atoms with Crippen LogP contribution in [0.15, 0.2) is 23.8 Å². The van der Waals surface area contributed by atoms with E-state index in [-0.39, 0.29) is 5.69 Å². The second-order valence-electron chi connectivity index (χ2n) is 4.91. The Hall–Kier alpha value is -2.51. The lowest BCUT2D eigenvalue weighted by Gasteiger charge is -2.07. The molecule has 0 saturated heterocycles. The van der Waals surface area contributed by atoms with Crippen LogP contribution in [0.4, 0.5) is 0 Å². The molecule has 8 heteroatoms. The molecule has 8 nitrogen and oxygen atoms in total. The monoisotopic (exact) mass is 287 g/mol. The van der Waals surface area contributed by atoms with Gasteiger partial charge in [0.05, 0.1) is 6.33 Å². The van der Waals surface area contributed by atoms with Crippen molar-refractivity contribution in [3.63, 3.8) is 0 Å². The predicted octanol–water partition coefficient (Wildman–Crippen LogP) is 1.01. The lowest BCUT2D eigenvalue weighted by Crippen LogP contribution is -2.28. The second-order valence-corrected chi connectivity index (χ2v) is 4.91. The first-order chi connectivity index (χ1) is 10.3. The molecule has 21 heavy (non-hydrogen) atoms. The number of unbranched alkanes of at least 4 members (excludes halogenated alkanes) is 2. The van der Waals surface area contributed by atoms with E-state index in [1.165, 1.54) is 4.52 Å². The van der Waals surface area contributed by atoms with Gasteiger partial charge in [-0.1, -0.05) is 25.8 Å². The van der Waals surface area contributed by atoms with Gasteiger partial charge in [0, 0.05) is 13.1 Å². The van der Waals surface area contributed by atoms with E-state index in [0.29, 0.717) is 24.4 Å². The maximum absolute atomic E-state index is 12.5. The molecule has 3 aromatic heterocycles. The van der Waals surface area contributed by atoms with Crippen LogP contribution in [0.5, 0.6) is 0 Å². The average Bonchev–Trinajstić information content (AvgIpc) is 3.09. The SMILES string of the molecule is C=CCn1cnc2c1c1nnnn1c(=O)n2CCCCC. The van der Waals surface area contributed by atoms with Crippen LogP contribution in [0, 0.1) is 0 Å².